The lowest BCUT2D eigenvalue weighted by atomic mass is 10.0. The van der Waals surface area contributed by atoms with E-state index in [1.54, 1.807) is 7.11 Å². The van der Waals surface area contributed by atoms with E-state index in [-0.39, 0.29) is 12.0 Å². The molecule has 0 aromatic heterocycles. The zero-order chi connectivity index (χ0) is 20.5. The second-order valence-electron chi connectivity index (χ2n) is 7.23. The minimum absolute atomic E-state index is 0.0698. The first-order chi connectivity index (χ1) is 13.4. The minimum atomic E-state index is -1.00. The van der Waals surface area contributed by atoms with Gasteiger partial charge in [0.05, 0.1) is 13.2 Å². The maximum absolute atomic E-state index is 12.1. The van der Waals surface area contributed by atoms with Crippen LogP contribution < -0.4 is 14.8 Å². The van der Waals surface area contributed by atoms with Gasteiger partial charge in [0.15, 0.2) is 11.5 Å². The van der Waals surface area contributed by atoms with Crippen LogP contribution in [0.15, 0.2) is 42.5 Å². The van der Waals surface area contributed by atoms with Gasteiger partial charge in [-0.05, 0) is 63.3 Å². The smallest absolute Gasteiger partial charge is 0.248 e. The Morgan fingerprint density at radius 2 is 1.71 bits per heavy atom. The Morgan fingerprint density at radius 3 is 2.36 bits per heavy atom. The largest absolute Gasteiger partial charge is 0.493 e. The Morgan fingerprint density at radius 1 is 1.04 bits per heavy atom. The zero-order valence-corrected chi connectivity index (χ0v) is 17.2. The quantitative estimate of drug-likeness (QED) is 0.657. The highest BCUT2D eigenvalue weighted by molar-refractivity contribution is 5.80. The van der Waals surface area contributed by atoms with Crippen molar-refractivity contribution in [1.82, 2.24) is 5.32 Å². The number of aliphatic hydroxyl groups is 1. The lowest BCUT2D eigenvalue weighted by Crippen LogP contribution is -2.36. The molecule has 0 spiro atoms. The average molecular weight is 386 g/mol. The van der Waals surface area contributed by atoms with Crippen LogP contribution in [0.4, 0.5) is 0 Å². The van der Waals surface area contributed by atoms with Gasteiger partial charge in [0.2, 0.25) is 5.91 Å². The standard InChI is InChI=1S/C23H31NO4/c1-16(2)28-21-12-10-19(15-22(21)27-4)13-14-24-23(26)20(25)11-9-18-7-5-17(3)6-8-18/h5-8,10,12,15-16,20,25H,9,11,13-14H2,1-4H3,(H,24,26)/t20-/m0/s1. The van der Waals surface area contributed by atoms with Gasteiger partial charge in [-0.3, -0.25) is 4.79 Å². The number of methoxy groups -OCH3 is 1. The lowest BCUT2D eigenvalue weighted by molar-refractivity contribution is -0.129. The van der Waals surface area contributed by atoms with Gasteiger partial charge in [0.1, 0.15) is 6.10 Å². The Balaban J connectivity index is 1.78. The molecule has 2 rings (SSSR count). The molecule has 152 valence electrons. The van der Waals surface area contributed by atoms with Gasteiger partial charge >= 0.3 is 0 Å². The summed E-state index contributed by atoms with van der Waals surface area (Å²) in [5.41, 5.74) is 3.35. The molecule has 0 heterocycles. The summed E-state index contributed by atoms with van der Waals surface area (Å²) in [6.07, 6.45) is 0.792. The molecule has 0 radical (unpaired) electrons. The molecule has 2 N–H and O–H groups in total. The SMILES string of the molecule is COc1cc(CCNC(=O)[C@@H](O)CCc2ccc(C)cc2)ccc1OC(C)C. The second-order valence-corrected chi connectivity index (χ2v) is 7.23. The number of hydrogen-bond acceptors (Lipinski definition) is 4. The molecule has 0 unspecified atom stereocenters. The van der Waals surface area contributed by atoms with Gasteiger partial charge in [-0.2, -0.15) is 0 Å². The van der Waals surface area contributed by atoms with Crippen molar-refractivity contribution in [1.29, 1.82) is 0 Å². The maximum atomic E-state index is 12.1. The fraction of sp³-hybridized carbons (Fsp3) is 0.435. The molecule has 5 heteroatoms. The van der Waals surface area contributed by atoms with E-state index in [0.29, 0.717) is 37.3 Å². The van der Waals surface area contributed by atoms with Crippen molar-refractivity contribution in [3.63, 3.8) is 0 Å². The third kappa shape index (κ3) is 6.89. The van der Waals surface area contributed by atoms with Crippen molar-refractivity contribution in [3.05, 3.63) is 59.2 Å². The number of benzene rings is 2. The molecular weight excluding hydrogens is 354 g/mol. The number of carbonyl (C=O) groups is 1. The summed E-state index contributed by atoms with van der Waals surface area (Å²) in [6.45, 7) is 6.42. The predicted octanol–water partition coefficient (Wildman–Crippen LogP) is 3.44. The summed E-state index contributed by atoms with van der Waals surface area (Å²) >= 11 is 0. The van der Waals surface area contributed by atoms with E-state index < -0.39 is 6.10 Å². The van der Waals surface area contributed by atoms with Gasteiger partial charge in [0.25, 0.3) is 0 Å². The highest BCUT2D eigenvalue weighted by Gasteiger charge is 2.14. The molecule has 28 heavy (non-hydrogen) atoms. The van der Waals surface area contributed by atoms with Crippen LogP contribution in [0.1, 0.15) is 37.0 Å². The summed E-state index contributed by atoms with van der Waals surface area (Å²) < 4.78 is 11.1. The summed E-state index contributed by atoms with van der Waals surface area (Å²) in [7, 11) is 1.61. The molecule has 1 amide bonds. The molecule has 2 aromatic rings. The Labute approximate surface area is 167 Å². The first kappa shape index (κ1) is 21.8. The van der Waals surface area contributed by atoms with Crippen LogP contribution in [0.25, 0.3) is 0 Å². The third-order valence-corrected chi connectivity index (χ3v) is 4.43. The van der Waals surface area contributed by atoms with Crippen LogP contribution in [0.5, 0.6) is 11.5 Å². The Kier molecular flexibility index (Phi) is 8.33. The number of rotatable bonds is 10. The third-order valence-electron chi connectivity index (χ3n) is 4.43. The summed E-state index contributed by atoms with van der Waals surface area (Å²) in [5, 5.41) is 12.9. The number of aliphatic hydroxyl groups excluding tert-OH is 1. The van der Waals surface area contributed by atoms with Crippen LogP contribution in [0.3, 0.4) is 0 Å². The molecule has 0 saturated heterocycles. The molecule has 1 atom stereocenters. The van der Waals surface area contributed by atoms with Gasteiger partial charge in [-0.1, -0.05) is 35.9 Å². The normalized spacial score (nSPS) is 11.9. The highest BCUT2D eigenvalue weighted by Crippen LogP contribution is 2.29. The van der Waals surface area contributed by atoms with Crippen molar-refractivity contribution in [2.45, 2.75) is 52.2 Å². The van der Waals surface area contributed by atoms with Crippen LogP contribution in [-0.4, -0.2) is 36.9 Å². The van der Waals surface area contributed by atoms with E-state index in [1.165, 1.54) is 5.56 Å². The van der Waals surface area contributed by atoms with Crippen molar-refractivity contribution in [3.8, 4) is 11.5 Å². The average Bonchev–Trinajstić information content (AvgIpc) is 2.67. The topological polar surface area (TPSA) is 67.8 Å². The molecule has 0 bridgehead atoms. The minimum Gasteiger partial charge on any atom is -0.493 e. The van der Waals surface area contributed by atoms with Crippen molar-refractivity contribution >= 4 is 5.91 Å². The molecule has 2 aromatic carbocycles. The number of aryl methyl sites for hydroxylation is 2. The maximum Gasteiger partial charge on any atom is 0.248 e. The Hall–Kier alpha value is -2.53. The van der Waals surface area contributed by atoms with Crippen LogP contribution in [0, 0.1) is 6.92 Å². The van der Waals surface area contributed by atoms with Crippen molar-refractivity contribution < 1.29 is 19.4 Å². The van der Waals surface area contributed by atoms with Crippen molar-refractivity contribution in [2.75, 3.05) is 13.7 Å². The molecule has 0 aliphatic rings. The number of hydrogen-bond donors (Lipinski definition) is 2. The fourth-order valence-electron chi connectivity index (χ4n) is 2.86. The van der Waals surface area contributed by atoms with Gasteiger partial charge in [-0.15, -0.1) is 0 Å². The zero-order valence-electron chi connectivity index (χ0n) is 17.2. The number of amides is 1. The summed E-state index contributed by atoms with van der Waals surface area (Å²) in [4.78, 5) is 12.1. The van der Waals surface area contributed by atoms with E-state index in [1.807, 2.05) is 63.2 Å². The lowest BCUT2D eigenvalue weighted by Gasteiger charge is -2.15. The molecule has 0 fully saturated rings. The van der Waals surface area contributed by atoms with E-state index in [2.05, 4.69) is 5.32 Å². The first-order valence-corrected chi connectivity index (χ1v) is 9.74. The van der Waals surface area contributed by atoms with E-state index in [0.717, 1.165) is 11.1 Å². The number of ether oxygens (including phenoxy) is 2. The van der Waals surface area contributed by atoms with Gasteiger partial charge in [-0.25, -0.2) is 0 Å². The highest BCUT2D eigenvalue weighted by atomic mass is 16.5. The van der Waals surface area contributed by atoms with Crippen molar-refractivity contribution in [2.24, 2.45) is 0 Å². The molecule has 5 nitrogen and oxygen atoms in total. The summed E-state index contributed by atoms with van der Waals surface area (Å²) in [5.74, 6) is 1.05. The predicted molar refractivity (Wildman–Crippen MR) is 111 cm³/mol. The molecule has 0 saturated carbocycles. The fourth-order valence-corrected chi connectivity index (χ4v) is 2.86. The monoisotopic (exact) mass is 385 g/mol. The van der Waals surface area contributed by atoms with Crippen LogP contribution in [-0.2, 0) is 17.6 Å². The summed E-state index contributed by atoms with van der Waals surface area (Å²) in [6, 6.07) is 13.9. The molecular formula is C23H31NO4. The van der Waals surface area contributed by atoms with Crippen LogP contribution >= 0.6 is 0 Å². The number of carbonyl (C=O) groups excluding carboxylic acids is 1. The molecule has 0 aliphatic heterocycles. The molecule has 0 aliphatic carbocycles. The van der Waals surface area contributed by atoms with E-state index in [4.69, 9.17) is 9.47 Å². The first-order valence-electron chi connectivity index (χ1n) is 9.74. The Bertz CT molecular complexity index is 756. The van der Waals surface area contributed by atoms with E-state index >= 15 is 0 Å². The second kappa shape index (κ2) is 10.7. The van der Waals surface area contributed by atoms with E-state index in [9.17, 15) is 9.90 Å². The number of nitrogens with one attached hydrogen (secondary N) is 1. The van der Waals surface area contributed by atoms with Crippen LogP contribution in [0.2, 0.25) is 0 Å². The van der Waals surface area contributed by atoms with Gasteiger partial charge < -0.3 is 19.9 Å². The van der Waals surface area contributed by atoms with Gasteiger partial charge in [0, 0.05) is 6.54 Å².